The largest absolute Gasteiger partial charge is 0.543 e. The predicted octanol–water partition coefficient (Wildman–Crippen LogP) is 4.33. The number of hydrogen-bond acceptors (Lipinski definition) is 2. The Balaban J connectivity index is 3.10. The lowest BCUT2D eigenvalue weighted by Crippen LogP contribution is -2.44. The molecule has 102 valence electrons. The highest BCUT2D eigenvalue weighted by molar-refractivity contribution is 9.10. The van der Waals surface area contributed by atoms with E-state index in [4.69, 9.17) is 10.2 Å². The lowest BCUT2D eigenvalue weighted by molar-refractivity contribution is 0.484. The van der Waals surface area contributed by atoms with Gasteiger partial charge in [-0.15, -0.1) is 0 Å². The van der Waals surface area contributed by atoms with Gasteiger partial charge in [0, 0.05) is 0 Å². The van der Waals surface area contributed by atoms with Crippen LogP contribution < -0.4 is 10.2 Å². The monoisotopic (exact) mass is 329 g/mol. The van der Waals surface area contributed by atoms with Crippen LogP contribution in [0.1, 0.15) is 26.3 Å². The smallest absolute Gasteiger partial charge is 0.250 e. The van der Waals surface area contributed by atoms with Gasteiger partial charge in [0.05, 0.1) is 4.47 Å². The highest BCUT2D eigenvalue weighted by atomic mass is 79.9. The van der Waals surface area contributed by atoms with Gasteiger partial charge < -0.3 is 10.2 Å². The molecule has 0 spiro atoms. The van der Waals surface area contributed by atoms with Crippen molar-refractivity contribution in [2.75, 3.05) is 6.54 Å². The standard InChI is InChI=1S/C14H24BrNOSi/c1-14(2,3)18(4,5)17-13-11(9-10-16)7-6-8-12(13)15/h6-8H,9-10,16H2,1-5H3. The molecule has 2 N–H and O–H groups in total. The molecule has 0 aromatic heterocycles. The van der Waals surface area contributed by atoms with Crippen molar-refractivity contribution in [3.63, 3.8) is 0 Å². The summed E-state index contributed by atoms with van der Waals surface area (Å²) in [6, 6.07) is 6.16. The Morgan fingerprint density at radius 3 is 2.39 bits per heavy atom. The molecule has 0 radical (unpaired) electrons. The van der Waals surface area contributed by atoms with Gasteiger partial charge in [-0.05, 0) is 58.7 Å². The molecular weight excluding hydrogens is 306 g/mol. The van der Waals surface area contributed by atoms with Crippen molar-refractivity contribution in [1.29, 1.82) is 0 Å². The molecule has 0 aliphatic heterocycles. The van der Waals surface area contributed by atoms with Gasteiger partial charge in [-0.25, -0.2) is 0 Å². The van der Waals surface area contributed by atoms with Crippen LogP contribution in [0, 0.1) is 0 Å². The summed E-state index contributed by atoms with van der Waals surface area (Å²) in [4.78, 5) is 0. The zero-order chi connectivity index (χ0) is 14.0. The van der Waals surface area contributed by atoms with E-state index < -0.39 is 8.32 Å². The Labute approximate surface area is 120 Å². The predicted molar refractivity (Wildman–Crippen MR) is 84.7 cm³/mol. The fourth-order valence-electron chi connectivity index (χ4n) is 1.43. The lowest BCUT2D eigenvalue weighted by Gasteiger charge is -2.37. The second kappa shape index (κ2) is 5.76. The van der Waals surface area contributed by atoms with Gasteiger partial charge in [0.25, 0.3) is 8.32 Å². The van der Waals surface area contributed by atoms with Crippen molar-refractivity contribution >= 4 is 24.2 Å². The Kier molecular flexibility index (Phi) is 5.03. The third kappa shape index (κ3) is 3.59. The van der Waals surface area contributed by atoms with Gasteiger partial charge in [-0.1, -0.05) is 32.9 Å². The van der Waals surface area contributed by atoms with Crippen LogP contribution >= 0.6 is 15.9 Å². The molecule has 0 amide bonds. The Morgan fingerprint density at radius 2 is 1.89 bits per heavy atom. The lowest BCUT2D eigenvalue weighted by atomic mass is 10.1. The first kappa shape index (κ1) is 15.7. The molecule has 1 aromatic rings. The molecule has 0 bridgehead atoms. The van der Waals surface area contributed by atoms with Crippen LogP contribution in [0.5, 0.6) is 5.75 Å². The highest BCUT2D eigenvalue weighted by Gasteiger charge is 2.39. The van der Waals surface area contributed by atoms with Crippen LogP contribution in [0.3, 0.4) is 0 Å². The van der Waals surface area contributed by atoms with E-state index in [1.807, 2.05) is 12.1 Å². The molecule has 1 rings (SSSR count). The van der Waals surface area contributed by atoms with Crippen LogP contribution in [0.25, 0.3) is 0 Å². The molecule has 4 heteroatoms. The Bertz CT molecular complexity index is 413. The van der Waals surface area contributed by atoms with Gasteiger partial charge in [0.2, 0.25) is 0 Å². The van der Waals surface area contributed by atoms with Crippen LogP contribution in [0.4, 0.5) is 0 Å². The Hall–Kier alpha value is -0.323. The van der Waals surface area contributed by atoms with E-state index in [1.165, 1.54) is 5.56 Å². The van der Waals surface area contributed by atoms with Crippen molar-refractivity contribution < 1.29 is 4.43 Å². The zero-order valence-electron chi connectivity index (χ0n) is 12.0. The average Bonchev–Trinajstić information content (AvgIpc) is 2.22. The number of nitrogens with two attached hydrogens (primary N) is 1. The van der Waals surface area contributed by atoms with E-state index in [0.29, 0.717) is 6.54 Å². The van der Waals surface area contributed by atoms with E-state index in [1.54, 1.807) is 0 Å². The normalized spacial score (nSPS) is 12.6. The molecule has 0 heterocycles. The first-order valence-electron chi connectivity index (χ1n) is 6.35. The van der Waals surface area contributed by atoms with Crippen molar-refractivity contribution in [3.8, 4) is 5.75 Å². The topological polar surface area (TPSA) is 35.2 Å². The van der Waals surface area contributed by atoms with Gasteiger partial charge in [0.1, 0.15) is 5.75 Å². The third-order valence-electron chi connectivity index (χ3n) is 3.63. The molecule has 0 aliphatic rings. The molecule has 0 unspecified atom stereocenters. The minimum Gasteiger partial charge on any atom is -0.543 e. The molecule has 2 nitrogen and oxygen atoms in total. The molecule has 0 saturated heterocycles. The summed E-state index contributed by atoms with van der Waals surface area (Å²) >= 11 is 3.59. The summed E-state index contributed by atoms with van der Waals surface area (Å²) < 4.78 is 7.44. The second-order valence-corrected chi connectivity index (χ2v) is 11.7. The van der Waals surface area contributed by atoms with Crippen molar-refractivity contribution in [1.82, 2.24) is 0 Å². The van der Waals surface area contributed by atoms with E-state index >= 15 is 0 Å². The zero-order valence-corrected chi connectivity index (χ0v) is 14.6. The number of halogens is 1. The first-order chi connectivity index (χ1) is 8.19. The van der Waals surface area contributed by atoms with Gasteiger partial charge in [-0.3, -0.25) is 0 Å². The summed E-state index contributed by atoms with van der Waals surface area (Å²) in [6.45, 7) is 11.9. The van der Waals surface area contributed by atoms with E-state index in [2.05, 4.69) is 55.9 Å². The number of rotatable bonds is 4. The molecule has 1 aromatic carbocycles. The van der Waals surface area contributed by atoms with E-state index in [-0.39, 0.29) is 5.04 Å². The minimum atomic E-state index is -1.81. The maximum absolute atomic E-state index is 6.42. The van der Waals surface area contributed by atoms with Gasteiger partial charge in [0.15, 0.2) is 0 Å². The van der Waals surface area contributed by atoms with Gasteiger partial charge >= 0.3 is 0 Å². The molecule has 18 heavy (non-hydrogen) atoms. The first-order valence-corrected chi connectivity index (χ1v) is 10.1. The van der Waals surface area contributed by atoms with Crippen molar-refractivity contribution in [3.05, 3.63) is 28.2 Å². The van der Waals surface area contributed by atoms with Gasteiger partial charge in [-0.2, -0.15) is 0 Å². The van der Waals surface area contributed by atoms with Crippen molar-refractivity contribution in [2.45, 2.75) is 45.3 Å². The maximum atomic E-state index is 6.42. The summed E-state index contributed by atoms with van der Waals surface area (Å²) in [7, 11) is -1.81. The number of para-hydroxylation sites is 1. The summed E-state index contributed by atoms with van der Waals surface area (Å²) in [5, 5.41) is 0.197. The number of benzene rings is 1. The van der Waals surface area contributed by atoms with E-state index in [0.717, 1.165) is 16.6 Å². The molecule has 0 atom stereocenters. The van der Waals surface area contributed by atoms with E-state index in [9.17, 15) is 0 Å². The third-order valence-corrected chi connectivity index (χ3v) is 8.58. The quantitative estimate of drug-likeness (QED) is 0.834. The number of hydrogen-bond donors (Lipinski definition) is 1. The molecule has 0 saturated carbocycles. The second-order valence-electron chi connectivity index (χ2n) is 6.13. The average molecular weight is 330 g/mol. The summed E-state index contributed by atoms with van der Waals surface area (Å²) in [5.74, 6) is 0.981. The fourth-order valence-corrected chi connectivity index (χ4v) is 3.12. The summed E-state index contributed by atoms with van der Waals surface area (Å²) in [6.07, 6.45) is 0.851. The van der Waals surface area contributed by atoms with Crippen LogP contribution in [-0.4, -0.2) is 14.9 Å². The molecule has 0 fully saturated rings. The van der Waals surface area contributed by atoms with Crippen LogP contribution in [-0.2, 0) is 6.42 Å². The SMILES string of the molecule is CC(C)(C)[Si](C)(C)Oc1c(Br)cccc1CCN. The van der Waals surface area contributed by atoms with Crippen molar-refractivity contribution in [2.24, 2.45) is 5.73 Å². The minimum absolute atomic E-state index is 0.197. The Morgan fingerprint density at radius 1 is 1.28 bits per heavy atom. The maximum Gasteiger partial charge on any atom is 0.250 e. The molecule has 0 aliphatic carbocycles. The highest BCUT2D eigenvalue weighted by Crippen LogP contribution is 2.40. The summed E-state index contributed by atoms with van der Waals surface area (Å²) in [5.41, 5.74) is 6.86. The molecular formula is C14H24BrNOSi. The van der Waals surface area contributed by atoms with Crippen LogP contribution in [0.2, 0.25) is 18.1 Å². The fraction of sp³-hybridized carbons (Fsp3) is 0.571. The van der Waals surface area contributed by atoms with Crippen LogP contribution in [0.15, 0.2) is 22.7 Å².